The number of rotatable bonds is 5. The van der Waals surface area contributed by atoms with Crippen LogP contribution in [0.25, 0.3) is 11.4 Å². The summed E-state index contributed by atoms with van der Waals surface area (Å²) < 4.78 is 10.7. The summed E-state index contributed by atoms with van der Waals surface area (Å²) in [7, 11) is 1.64. The summed E-state index contributed by atoms with van der Waals surface area (Å²) >= 11 is 0. The number of amides is 1. The lowest BCUT2D eigenvalue weighted by Gasteiger charge is -2.34. The number of aromatic nitrogens is 2. The predicted octanol–water partition coefficient (Wildman–Crippen LogP) is 3.66. The van der Waals surface area contributed by atoms with Gasteiger partial charge in [-0.1, -0.05) is 24.9 Å². The van der Waals surface area contributed by atoms with Crippen LogP contribution < -0.4 is 15.0 Å². The van der Waals surface area contributed by atoms with Crippen LogP contribution in [0.1, 0.15) is 45.4 Å². The Morgan fingerprint density at radius 1 is 1.17 bits per heavy atom. The largest absolute Gasteiger partial charge is 0.497 e. The third-order valence-corrected chi connectivity index (χ3v) is 6.27. The van der Waals surface area contributed by atoms with Gasteiger partial charge in [-0.25, -0.2) is 0 Å². The quantitative estimate of drug-likeness (QED) is 0.828. The highest BCUT2D eigenvalue weighted by Crippen LogP contribution is 2.27. The molecule has 4 rings (SSSR count). The van der Waals surface area contributed by atoms with Crippen LogP contribution >= 0.6 is 0 Å². The van der Waals surface area contributed by atoms with E-state index in [9.17, 15) is 4.79 Å². The molecule has 1 aromatic heterocycles. The third-order valence-electron chi connectivity index (χ3n) is 6.27. The van der Waals surface area contributed by atoms with Crippen molar-refractivity contribution in [2.45, 2.75) is 51.5 Å². The molecule has 2 heterocycles. The van der Waals surface area contributed by atoms with Crippen molar-refractivity contribution in [3.63, 3.8) is 0 Å². The number of hydrogen-bond acceptors (Lipinski definition) is 6. The summed E-state index contributed by atoms with van der Waals surface area (Å²) in [4.78, 5) is 19.5. The predicted molar refractivity (Wildman–Crippen MR) is 111 cm³/mol. The first-order valence-corrected chi connectivity index (χ1v) is 10.7. The molecule has 3 atom stereocenters. The maximum absolute atomic E-state index is 12.9. The smallest absolute Gasteiger partial charge is 0.324 e. The first-order valence-electron chi connectivity index (χ1n) is 10.7. The Morgan fingerprint density at radius 2 is 1.97 bits per heavy atom. The Bertz CT molecular complexity index is 820. The number of anilines is 1. The Hall–Kier alpha value is -2.57. The summed E-state index contributed by atoms with van der Waals surface area (Å²) in [6.45, 7) is 3.70. The molecule has 0 unspecified atom stereocenters. The van der Waals surface area contributed by atoms with Gasteiger partial charge in [-0.15, -0.1) is 0 Å². The van der Waals surface area contributed by atoms with E-state index in [1.807, 2.05) is 29.2 Å². The first kappa shape index (κ1) is 19.7. The molecule has 1 aliphatic carbocycles. The molecule has 1 saturated carbocycles. The summed E-state index contributed by atoms with van der Waals surface area (Å²) in [6, 6.07) is 8.37. The minimum Gasteiger partial charge on any atom is -0.497 e. The molecule has 0 radical (unpaired) electrons. The highest BCUT2D eigenvalue weighted by atomic mass is 16.5. The van der Waals surface area contributed by atoms with Crippen molar-refractivity contribution < 1.29 is 14.1 Å². The van der Waals surface area contributed by atoms with E-state index in [0.717, 1.165) is 37.1 Å². The van der Waals surface area contributed by atoms with Crippen LogP contribution in [0, 0.1) is 11.8 Å². The van der Waals surface area contributed by atoms with Gasteiger partial charge in [0, 0.05) is 24.7 Å². The van der Waals surface area contributed by atoms with E-state index in [-0.39, 0.29) is 11.8 Å². The fourth-order valence-electron chi connectivity index (χ4n) is 4.40. The van der Waals surface area contributed by atoms with Crippen LogP contribution in [0.2, 0.25) is 0 Å². The van der Waals surface area contributed by atoms with E-state index >= 15 is 0 Å². The number of piperidine rings is 1. The maximum Gasteiger partial charge on any atom is 0.324 e. The van der Waals surface area contributed by atoms with Gasteiger partial charge in [0.25, 0.3) is 0 Å². The lowest BCUT2D eigenvalue weighted by atomic mass is 9.85. The fraction of sp³-hybridized carbons (Fsp3) is 0.591. The zero-order valence-corrected chi connectivity index (χ0v) is 17.3. The SMILES string of the molecule is COc1ccc(-c2noc(N3CCC[C@H](C(=O)N[C@H]4CCCC[C@@H]4C)C3)n2)cc1. The minimum absolute atomic E-state index is 0.0331. The molecule has 156 valence electrons. The van der Waals surface area contributed by atoms with Gasteiger partial charge in [0.15, 0.2) is 0 Å². The molecular formula is C22H30N4O3. The third kappa shape index (κ3) is 4.54. The Kier molecular flexibility index (Phi) is 6.02. The fourth-order valence-corrected chi connectivity index (χ4v) is 4.40. The van der Waals surface area contributed by atoms with Crippen LogP contribution in [-0.2, 0) is 4.79 Å². The van der Waals surface area contributed by atoms with E-state index in [4.69, 9.17) is 9.26 Å². The molecule has 2 aromatic rings. The number of carbonyl (C=O) groups is 1. The zero-order valence-electron chi connectivity index (χ0n) is 17.3. The molecule has 1 saturated heterocycles. The molecule has 0 bridgehead atoms. The summed E-state index contributed by atoms with van der Waals surface area (Å²) in [5.74, 6) is 2.04. The number of hydrogen-bond donors (Lipinski definition) is 1. The minimum atomic E-state index is -0.0331. The van der Waals surface area contributed by atoms with Crippen molar-refractivity contribution >= 4 is 11.9 Å². The second kappa shape index (κ2) is 8.84. The number of carbonyl (C=O) groups excluding carboxylic acids is 1. The number of nitrogens with one attached hydrogen (secondary N) is 1. The molecule has 7 heteroatoms. The Balaban J connectivity index is 1.39. The molecule has 29 heavy (non-hydrogen) atoms. The van der Waals surface area contributed by atoms with Gasteiger partial charge in [-0.05, 0) is 55.9 Å². The molecule has 7 nitrogen and oxygen atoms in total. The van der Waals surface area contributed by atoms with Gasteiger partial charge >= 0.3 is 6.01 Å². The average Bonchev–Trinajstić information content (AvgIpc) is 3.26. The molecule has 1 N–H and O–H groups in total. The highest BCUT2D eigenvalue weighted by molar-refractivity contribution is 5.79. The van der Waals surface area contributed by atoms with E-state index in [1.54, 1.807) is 7.11 Å². The van der Waals surface area contributed by atoms with Crippen molar-refractivity contribution in [3.05, 3.63) is 24.3 Å². The van der Waals surface area contributed by atoms with Crippen LogP contribution in [0.4, 0.5) is 6.01 Å². The van der Waals surface area contributed by atoms with Gasteiger partial charge in [-0.3, -0.25) is 4.79 Å². The second-order valence-corrected chi connectivity index (χ2v) is 8.29. The first-order chi connectivity index (χ1) is 14.1. The van der Waals surface area contributed by atoms with Crippen molar-refractivity contribution in [1.82, 2.24) is 15.5 Å². The van der Waals surface area contributed by atoms with Gasteiger partial charge < -0.3 is 19.5 Å². The zero-order chi connectivity index (χ0) is 20.2. The number of benzene rings is 1. The molecule has 0 spiro atoms. The molecule has 2 aliphatic rings. The number of ether oxygens (including phenoxy) is 1. The normalized spacial score (nSPS) is 24.9. The van der Waals surface area contributed by atoms with E-state index in [1.165, 1.54) is 19.3 Å². The van der Waals surface area contributed by atoms with Gasteiger partial charge in [-0.2, -0.15) is 4.98 Å². The summed E-state index contributed by atoms with van der Waals surface area (Å²) in [5.41, 5.74) is 0.874. The van der Waals surface area contributed by atoms with Gasteiger partial charge in [0.05, 0.1) is 13.0 Å². The molecular weight excluding hydrogens is 368 g/mol. The standard InChI is InChI=1S/C22H30N4O3/c1-15-6-3-4-8-19(15)23-21(27)17-7-5-13-26(14-17)22-24-20(25-29-22)16-9-11-18(28-2)12-10-16/h9-12,15,17,19H,3-8,13-14H2,1-2H3,(H,23,27)/t15-,17-,19-/m0/s1. The van der Waals surface area contributed by atoms with E-state index in [0.29, 0.717) is 30.3 Å². The van der Waals surface area contributed by atoms with Crippen LogP contribution in [0.3, 0.4) is 0 Å². The van der Waals surface area contributed by atoms with Crippen LogP contribution in [-0.4, -0.2) is 42.3 Å². The number of nitrogens with zero attached hydrogens (tertiary/aromatic N) is 3. The van der Waals surface area contributed by atoms with Crippen molar-refractivity contribution in [1.29, 1.82) is 0 Å². The number of methoxy groups -OCH3 is 1. The van der Waals surface area contributed by atoms with Crippen molar-refractivity contribution in [2.24, 2.45) is 11.8 Å². The van der Waals surface area contributed by atoms with Crippen LogP contribution in [0.5, 0.6) is 5.75 Å². The highest BCUT2D eigenvalue weighted by Gasteiger charge is 2.31. The second-order valence-electron chi connectivity index (χ2n) is 8.29. The molecule has 2 fully saturated rings. The van der Waals surface area contributed by atoms with Gasteiger partial charge in [0.2, 0.25) is 11.7 Å². The van der Waals surface area contributed by atoms with Gasteiger partial charge in [0.1, 0.15) is 5.75 Å². The molecule has 1 amide bonds. The Morgan fingerprint density at radius 3 is 2.72 bits per heavy atom. The summed E-state index contributed by atoms with van der Waals surface area (Å²) in [5, 5.41) is 7.43. The molecule has 1 aliphatic heterocycles. The monoisotopic (exact) mass is 398 g/mol. The molecule has 1 aromatic carbocycles. The Labute approximate surface area is 171 Å². The van der Waals surface area contributed by atoms with E-state index in [2.05, 4.69) is 22.4 Å². The van der Waals surface area contributed by atoms with Crippen molar-refractivity contribution in [2.75, 3.05) is 25.1 Å². The topological polar surface area (TPSA) is 80.5 Å². The van der Waals surface area contributed by atoms with Crippen molar-refractivity contribution in [3.8, 4) is 17.1 Å². The lowest BCUT2D eigenvalue weighted by Crippen LogP contribution is -2.48. The lowest BCUT2D eigenvalue weighted by molar-refractivity contribution is -0.126. The maximum atomic E-state index is 12.9. The average molecular weight is 399 g/mol. The van der Waals surface area contributed by atoms with Crippen LogP contribution in [0.15, 0.2) is 28.8 Å². The van der Waals surface area contributed by atoms with E-state index < -0.39 is 0 Å². The summed E-state index contributed by atoms with van der Waals surface area (Å²) in [6.07, 6.45) is 6.64.